The first kappa shape index (κ1) is 65.4. The van der Waals surface area contributed by atoms with Gasteiger partial charge >= 0.3 is 25.7 Å². The van der Waals surface area contributed by atoms with Gasteiger partial charge in [-0.1, -0.05) is 204 Å². The highest BCUT2D eigenvalue weighted by Crippen LogP contribution is 2.43. The van der Waals surface area contributed by atoms with Gasteiger partial charge in [-0.05, 0) is 77.0 Å². The number of allylic oxidation sites excluding steroid dienone is 8. The number of esters is 3. The van der Waals surface area contributed by atoms with Gasteiger partial charge in [0.15, 0.2) is 6.10 Å². The second-order valence-corrected chi connectivity index (χ2v) is 19.8. The second kappa shape index (κ2) is 50.8. The van der Waals surface area contributed by atoms with Crippen molar-refractivity contribution in [1.29, 1.82) is 0 Å². The van der Waals surface area contributed by atoms with Crippen molar-refractivity contribution in [3.63, 3.8) is 0 Å². The highest BCUT2D eigenvalue weighted by atomic mass is 31.2. The Kier molecular flexibility index (Phi) is 48.9. The molecule has 0 aromatic heterocycles. The number of phosphoric acid groups is 1. The molecule has 0 rings (SSSR count). The predicted octanol–water partition coefficient (Wildman–Crippen LogP) is 15.8. The van der Waals surface area contributed by atoms with Gasteiger partial charge in [0.2, 0.25) is 0 Å². The van der Waals surface area contributed by atoms with Crippen molar-refractivity contribution in [2.24, 2.45) is 0 Å². The van der Waals surface area contributed by atoms with Crippen LogP contribution in [0.3, 0.4) is 0 Å². The van der Waals surface area contributed by atoms with Crippen LogP contribution in [0.1, 0.15) is 252 Å². The van der Waals surface area contributed by atoms with Crippen molar-refractivity contribution in [3.05, 3.63) is 48.6 Å². The van der Waals surface area contributed by atoms with Crippen molar-refractivity contribution < 1.29 is 52.2 Å². The maximum Gasteiger partial charge on any atom is 0.472 e. The van der Waals surface area contributed by atoms with Gasteiger partial charge in [0.05, 0.1) is 19.8 Å². The summed E-state index contributed by atoms with van der Waals surface area (Å²) in [5, 5.41) is 9.79. The Labute approximate surface area is 415 Å². The van der Waals surface area contributed by atoms with Crippen LogP contribution in [0.2, 0.25) is 0 Å². The molecule has 0 fully saturated rings. The number of aliphatic hydroxyl groups excluding tert-OH is 1. The average Bonchev–Trinajstić information content (AvgIpc) is 3.32. The zero-order chi connectivity index (χ0) is 49.9. The molecule has 0 heterocycles. The number of phosphoric ester groups is 1. The van der Waals surface area contributed by atoms with Crippen molar-refractivity contribution in [1.82, 2.24) is 0 Å². The largest absolute Gasteiger partial charge is 0.472 e. The molecule has 3 unspecified atom stereocenters. The summed E-state index contributed by atoms with van der Waals surface area (Å²) in [7, 11) is -4.75. The van der Waals surface area contributed by atoms with Gasteiger partial charge < -0.3 is 24.2 Å². The Morgan fingerprint density at radius 1 is 0.412 bits per heavy atom. The van der Waals surface area contributed by atoms with Crippen LogP contribution >= 0.6 is 7.82 Å². The van der Waals surface area contributed by atoms with E-state index in [4.69, 9.17) is 23.3 Å². The normalized spacial score (nSPS) is 13.8. The minimum Gasteiger partial charge on any atom is -0.462 e. The van der Waals surface area contributed by atoms with E-state index >= 15 is 0 Å². The zero-order valence-electron chi connectivity index (χ0n) is 43.6. The highest BCUT2D eigenvalue weighted by Gasteiger charge is 2.28. The Morgan fingerprint density at radius 3 is 1.18 bits per heavy atom. The monoisotopic (exact) mass is 981 g/mol. The van der Waals surface area contributed by atoms with Crippen LogP contribution in [0.15, 0.2) is 48.6 Å². The highest BCUT2D eigenvalue weighted by molar-refractivity contribution is 7.47. The first-order chi connectivity index (χ1) is 33.2. The molecule has 0 radical (unpaired) electrons. The molecular formula is C56H101O11P. The van der Waals surface area contributed by atoms with E-state index < -0.39 is 57.8 Å². The Balaban J connectivity index is 4.74. The quantitative estimate of drug-likeness (QED) is 0.0197. The minimum absolute atomic E-state index is 0.149. The van der Waals surface area contributed by atoms with Gasteiger partial charge in [-0.2, -0.15) is 0 Å². The van der Waals surface area contributed by atoms with E-state index in [0.29, 0.717) is 19.3 Å². The van der Waals surface area contributed by atoms with Gasteiger partial charge in [-0.3, -0.25) is 23.4 Å². The van der Waals surface area contributed by atoms with Crippen molar-refractivity contribution in [2.45, 2.75) is 264 Å². The first-order valence-electron chi connectivity index (χ1n) is 27.5. The predicted molar refractivity (Wildman–Crippen MR) is 279 cm³/mol. The van der Waals surface area contributed by atoms with Crippen LogP contribution in [0.5, 0.6) is 0 Å². The topological polar surface area (TPSA) is 155 Å². The van der Waals surface area contributed by atoms with Crippen LogP contribution in [0, 0.1) is 0 Å². The van der Waals surface area contributed by atoms with Crippen LogP contribution in [0.25, 0.3) is 0 Å². The van der Waals surface area contributed by atoms with Crippen LogP contribution < -0.4 is 0 Å². The summed E-state index contributed by atoms with van der Waals surface area (Å²) in [5.41, 5.74) is 0. The summed E-state index contributed by atoms with van der Waals surface area (Å²) in [6.07, 6.45) is 52.1. The number of hydrogen-bond donors (Lipinski definition) is 2. The van der Waals surface area contributed by atoms with Crippen LogP contribution in [0.4, 0.5) is 0 Å². The lowest BCUT2D eigenvalue weighted by molar-refractivity contribution is -0.161. The summed E-state index contributed by atoms with van der Waals surface area (Å²) in [6.45, 7) is 4.53. The molecule has 12 heteroatoms. The molecule has 396 valence electrons. The molecule has 0 spiro atoms. The molecule has 11 nitrogen and oxygen atoms in total. The van der Waals surface area contributed by atoms with Crippen molar-refractivity contribution in [2.75, 3.05) is 26.4 Å². The number of carbonyl (C=O) groups is 3. The molecular weight excluding hydrogens is 880 g/mol. The summed E-state index contributed by atoms with van der Waals surface area (Å²) < 4.78 is 39.4. The lowest BCUT2D eigenvalue weighted by Gasteiger charge is -2.21. The number of carbonyl (C=O) groups excluding carboxylic acids is 3. The van der Waals surface area contributed by atoms with E-state index in [-0.39, 0.29) is 25.9 Å². The molecule has 0 saturated carbocycles. The molecule has 0 aliphatic carbocycles. The minimum atomic E-state index is -4.75. The van der Waals surface area contributed by atoms with Crippen LogP contribution in [-0.2, 0) is 42.2 Å². The van der Waals surface area contributed by atoms with E-state index in [0.717, 1.165) is 116 Å². The third-order valence-electron chi connectivity index (χ3n) is 11.7. The number of rotatable bonds is 51. The molecule has 0 saturated heterocycles. The SMILES string of the molecule is CCC/C=C\C/C=C\CCCCCCCC(=O)OC(COC(=O)CCCCCCC/C=C\C/C=C\CCCCC)COP(=O)(O)OCC(CO)OC(=O)CCCCCCCCCCCCCCC. The van der Waals surface area contributed by atoms with Gasteiger partial charge in [-0.25, -0.2) is 4.57 Å². The van der Waals surface area contributed by atoms with E-state index in [2.05, 4.69) is 69.4 Å². The Bertz CT molecular complexity index is 1330. The standard InChI is InChI=1S/C56H101O11P/c1-4-7-10-13-16-19-22-25-26-29-30-33-36-39-42-45-54(58)63-49-53(67-56(60)47-44-41-38-35-32-28-24-21-18-15-12-9-6-3)51-65-68(61,62)64-50-52(48-57)66-55(59)46-43-40-37-34-31-27-23-20-17-14-11-8-5-2/h12,15-16,19,21,24-26,52-53,57H,4-11,13-14,17-18,20,22-23,27-51H2,1-3H3,(H,61,62)/b15-12-,19-16-,24-21-,26-25-. The fourth-order valence-electron chi connectivity index (χ4n) is 7.48. The molecule has 0 amide bonds. The van der Waals surface area contributed by atoms with Gasteiger partial charge in [-0.15, -0.1) is 0 Å². The fraction of sp³-hybridized carbons (Fsp3) is 0.804. The maximum absolute atomic E-state index is 12.9. The summed E-state index contributed by atoms with van der Waals surface area (Å²) in [5.74, 6) is -1.49. The average molecular weight is 981 g/mol. The molecule has 68 heavy (non-hydrogen) atoms. The Hall–Kier alpha value is -2.56. The number of hydrogen-bond acceptors (Lipinski definition) is 10. The summed E-state index contributed by atoms with van der Waals surface area (Å²) in [4.78, 5) is 48.4. The molecule has 0 aliphatic rings. The number of ether oxygens (including phenoxy) is 3. The number of aliphatic hydroxyl groups is 1. The fourth-order valence-corrected chi connectivity index (χ4v) is 8.27. The van der Waals surface area contributed by atoms with E-state index in [1.54, 1.807) is 0 Å². The van der Waals surface area contributed by atoms with E-state index in [9.17, 15) is 28.9 Å². The first-order valence-corrected chi connectivity index (χ1v) is 29.0. The molecule has 0 aromatic rings. The molecule has 0 bridgehead atoms. The maximum atomic E-state index is 12.9. The molecule has 3 atom stereocenters. The van der Waals surface area contributed by atoms with Crippen molar-refractivity contribution >= 4 is 25.7 Å². The van der Waals surface area contributed by atoms with Gasteiger partial charge in [0.25, 0.3) is 0 Å². The van der Waals surface area contributed by atoms with Gasteiger partial charge in [0.1, 0.15) is 12.7 Å². The smallest absolute Gasteiger partial charge is 0.462 e. The third kappa shape index (κ3) is 48.5. The third-order valence-corrected chi connectivity index (χ3v) is 12.7. The van der Waals surface area contributed by atoms with Crippen molar-refractivity contribution in [3.8, 4) is 0 Å². The Morgan fingerprint density at radius 2 is 0.750 bits per heavy atom. The summed E-state index contributed by atoms with van der Waals surface area (Å²) in [6, 6.07) is 0. The van der Waals surface area contributed by atoms with Crippen LogP contribution in [-0.4, -0.2) is 66.5 Å². The molecule has 0 aromatic carbocycles. The molecule has 2 N–H and O–H groups in total. The van der Waals surface area contributed by atoms with Gasteiger partial charge in [0, 0.05) is 19.3 Å². The number of unbranched alkanes of at least 4 members (excludes halogenated alkanes) is 26. The zero-order valence-corrected chi connectivity index (χ0v) is 44.5. The lowest BCUT2D eigenvalue weighted by Crippen LogP contribution is -2.30. The molecule has 0 aliphatic heterocycles. The lowest BCUT2D eigenvalue weighted by atomic mass is 10.0. The second-order valence-electron chi connectivity index (χ2n) is 18.4. The summed E-state index contributed by atoms with van der Waals surface area (Å²) >= 11 is 0. The van der Waals surface area contributed by atoms with E-state index in [1.807, 2.05) is 0 Å². The van der Waals surface area contributed by atoms with E-state index in [1.165, 1.54) is 77.0 Å².